The number of benzene rings is 5. The van der Waals surface area contributed by atoms with Crippen molar-refractivity contribution in [1.29, 1.82) is 0 Å². The fourth-order valence-corrected chi connectivity index (χ4v) is 6.10. The Morgan fingerprint density at radius 3 is 2.00 bits per heavy atom. The zero-order valence-electron chi connectivity index (χ0n) is 26.4. The summed E-state index contributed by atoms with van der Waals surface area (Å²) in [4.78, 5) is 43.2. The van der Waals surface area contributed by atoms with Crippen molar-refractivity contribution in [3.8, 4) is 0 Å². The van der Waals surface area contributed by atoms with Crippen molar-refractivity contribution in [3.63, 3.8) is 0 Å². The fraction of sp³-hybridized carbons (Fsp3) is 0.158. The monoisotopic (exact) mass is 642 g/mol. The van der Waals surface area contributed by atoms with Gasteiger partial charge in [-0.25, -0.2) is 0 Å². The molecule has 2 aliphatic carbocycles. The van der Waals surface area contributed by atoms with Crippen LogP contribution < -0.4 is 10.6 Å². The smallest absolute Gasteiger partial charge is 0.316 e. The number of allylic oxidation sites excluding steroid dienone is 4. The van der Waals surface area contributed by atoms with Crippen molar-refractivity contribution >= 4 is 56.0 Å². The molecule has 7 rings (SSSR count). The summed E-state index contributed by atoms with van der Waals surface area (Å²) in [6.45, 7) is 2.21. The highest BCUT2D eigenvalue weighted by molar-refractivity contribution is 6.40. The molecule has 5 aromatic rings. The summed E-state index contributed by atoms with van der Waals surface area (Å²) < 4.78 is 0. The summed E-state index contributed by atoms with van der Waals surface area (Å²) in [5, 5.41) is 25.1. The third kappa shape index (κ3) is 7.28. The molecule has 5 aromatic carbocycles. The number of nitro benzene ring substituents is 2. The summed E-state index contributed by atoms with van der Waals surface area (Å²) >= 11 is 0. The van der Waals surface area contributed by atoms with Crippen molar-refractivity contribution in [1.82, 2.24) is 0 Å². The van der Waals surface area contributed by atoms with Gasteiger partial charge in [-0.3, -0.25) is 29.8 Å². The van der Waals surface area contributed by atoms with E-state index in [1.54, 1.807) is 11.1 Å². The maximum Gasteiger partial charge on any atom is 0.316 e. The number of fused-ring (bicyclic) bond motifs is 5. The third-order valence-corrected chi connectivity index (χ3v) is 8.37. The fourth-order valence-electron chi connectivity index (χ4n) is 6.10. The van der Waals surface area contributed by atoms with E-state index in [-0.39, 0.29) is 11.4 Å². The topological polar surface area (TPSA) is 150 Å². The molecule has 0 heterocycles. The largest absolute Gasteiger partial charge is 0.361 e. The lowest BCUT2D eigenvalue weighted by atomic mass is 9.80. The molecule has 0 atom stereocenters. The predicted molar refractivity (Wildman–Crippen MR) is 188 cm³/mol. The second-order valence-electron chi connectivity index (χ2n) is 11.2. The van der Waals surface area contributed by atoms with Gasteiger partial charge >= 0.3 is 11.8 Å². The number of hydrogen-bond acceptors (Lipinski definition) is 6. The number of non-ortho nitro benzene ring substituents is 2. The molecular weight excluding hydrogens is 608 g/mol. The van der Waals surface area contributed by atoms with Gasteiger partial charge in [-0.15, -0.1) is 0 Å². The van der Waals surface area contributed by atoms with Crippen LogP contribution in [0.4, 0.5) is 17.1 Å². The Bertz CT molecular complexity index is 2070. The van der Waals surface area contributed by atoms with E-state index in [0.29, 0.717) is 12.2 Å². The molecule has 0 aliphatic heterocycles. The van der Waals surface area contributed by atoms with Gasteiger partial charge in [0.15, 0.2) is 0 Å². The quantitative estimate of drug-likeness (QED) is 0.119. The lowest BCUT2D eigenvalue weighted by Crippen LogP contribution is -2.40. The van der Waals surface area contributed by atoms with E-state index >= 15 is 0 Å². The molecule has 0 aromatic heterocycles. The third-order valence-electron chi connectivity index (χ3n) is 8.37. The Labute approximate surface area is 277 Å². The number of nitrogens with two attached hydrogens (primary N) is 1. The van der Waals surface area contributed by atoms with Crippen molar-refractivity contribution < 1.29 is 19.4 Å². The second-order valence-corrected chi connectivity index (χ2v) is 11.2. The molecule has 242 valence electrons. The van der Waals surface area contributed by atoms with Gasteiger partial charge in [0, 0.05) is 24.1 Å². The van der Waals surface area contributed by atoms with Gasteiger partial charge in [-0.2, -0.15) is 0 Å². The Balaban J connectivity index is 0.000000144. The summed E-state index contributed by atoms with van der Waals surface area (Å²) in [5.74, 6) is -1.63. The summed E-state index contributed by atoms with van der Waals surface area (Å²) in [7, 11) is 0. The Hall–Kier alpha value is -6.16. The zero-order valence-corrected chi connectivity index (χ0v) is 26.4. The Kier molecular flexibility index (Phi) is 10.3. The summed E-state index contributed by atoms with van der Waals surface area (Å²) in [6.07, 6.45) is 9.61. The minimum atomic E-state index is -0.940. The lowest BCUT2D eigenvalue weighted by molar-refractivity contribution is -0.394. The number of rotatable bonds is 4. The van der Waals surface area contributed by atoms with Crippen LogP contribution in [0, 0.1) is 20.2 Å². The zero-order chi connectivity index (χ0) is 34.2. The molecule has 0 saturated heterocycles. The van der Waals surface area contributed by atoms with Crippen LogP contribution in [0.3, 0.4) is 0 Å². The molecule has 10 nitrogen and oxygen atoms in total. The number of nitro groups is 2. The van der Waals surface area contributed by atoms with Crippen molar-refractivity contribution in [2.24, 2.45) is 5.73 Å². The van der Waals surface area contributed by atoms with Gasteiger partial charge in [0.2, 0.25) is 0 Å². The average Bonchev–Trinajstić information content (AvgIpc) is 3.12. The van der Waals surface area contributed by atoms with Crippen molar-refractivity contribution in [2.75, 3.05) is 11.4 Å². The summed E-state index contributed by atoms with van der Waals surface area (Å²) in [5.41, 5.74) is 11.4. The first-order valence-electron chi connectivity index (χ1n) is 15.6. The minimum Gasteiger partial charge on any atom is -0.361 e. The van der Waals surface area contributed by atoms with E-state index in [9.17, 15) is 29.8 Å². The Morgan fingerprint density at radius 1 is 0.750 bits per heavy atom. The first kappa shape index (κ1) is 33.2. The highest BCUT2D eigenvalue weighted by atomic mass is 16.6. The molecule has 0 fully saturated rings. The van der Waals surface area contributed by atoms with Gasteiger partial charge in [0.1, 0.15) is 0 Å². The number of hydrogen-bond donors (Lipinski definition) is 1. The summed E-state index contributed by atoms with van der Waals surface area (Å²) in [6, 6.07) is 31.3. The predicted octanol–water partition coefficient (Wildman–Crippen LogP) is 8.07. The van der Waals surface area contributed by atoms with E-state index in [1.807, 2.05) is 49.4 Å². The normalized spacial score (nSPS) is 12.9. The highest BCUT2D eigenvalue weighted by Crippen LogP contribution is 2.39. The molecule has 10 heteroatoms. The van der Waals surface area contributed by atoms with Crippen molar-refractivity contribution in [2.45, 2.75) is 32.6 Å². The molecule has 2 N–H and O–H groups in total. The molecule has 0 spiro atoms. The van der Waals surface area contributed by atoms with E-state index in [1.165, 1.54) is 70.7 Å². The number of carbonyl (C=O) groups excluding carboxylic acids is 2. The number of aryl methyl sites for hydroxylation is 1. The molecule has 48 heavy (non-hydrogen) atoms. The molecule has 0 saturated carbocycles. The molecule has 0 radical (unpaired) electrons. The number of carbonyl (C=O) groups is 2. The van der Waals surface area contributed by atoms with Gasteiger partial charge in [0.25, 0.3) is 11.4 Å². The highest BCUT2D eigenvalue weighted by Gasteiger charge is 2.21. The molecule has 0 unspecified atom stereocenters. The van der Waals surface area contributed by atoms with Crippen LogP contribution in [0.5, 0.6) is 0 Å². The first-order chi connectivity index (χ1) is 23.2. The van der Waals surface area contributed by atoms with E-state index < -0.39 is 21.7 Å². The van der Waals surface area contributed by atoms with Crippen molar-refractivity contribution in [3.05, 3.63) is 152 Å². The SMILES string of the molecule is C1=CC2=C(CC1)CCc1c2ccc2ccccc12.CCN(C(=O)C(N)=O)c1cccc2ccccc12.O=[N+]([O-])c1cccc([N+](=O)[O-])c1. The van der Waals surface area contributed by atoms with Crippen LogP contribution in [0.15, 0.2) is 121 Å². The average molecular weight is 643 g/mol. The van der Waals surface area contributed by atoms with E-state index in [2.05, 4.69) is 48.6 Å². The number of primary amides is 1. The van der Waals surface area contributed by atoms with Crippen LogP contribution in [-0.4, -0.2) is 28.2 Å². The first-order valence-corrected chi connectivity index (χ1v) is 15.6. The lowest BCUT2D eigenvalue weighted by Gasteiger charge is -2.25. The maximum absolute atomic E-state index is 11.8. The Morgan fingerprint density at radius 2 is 1.35 bits per heavy atom. The number of nitrogens with zero attached hydrogens (tertiary/aromatic N) is 3. The second kappa shape index (κ2) is 15.0. The van der Waals surface area contributed by atoms with Gasteiger partial charge in [-0.05, 0) is 77.6 Å². The molecule has 0 bridgehead atoms. The molecule has 2 aliphatic rings. The van der Waals surface area contributed by atoms with Gasteiger partial charge < -0.3 is 10.6 Å². The van der Waals surface area contributed by atoms with Crippen LogP contribution in [0.2, 0.25) is 0 Å². The van der Waals surface area contributed by atoms with Crippen LogP contribution >= 0.6 is 0 Å². The number of likely N-dealkylation sites (N-methyl/N-ethyl adjacent to an activating group) is 1. The van der Waals surface area contributed by atoms with Gasteiger partial charge in [0.05, 0.1) is 21.6 Å². The molecular formula is C38H34N4O6. The maximum atomic E-state index is 11.8. The van der Waals surface area contributed by atoms with Crippen LogP contribution in [-0.2, 0) is 16.0 Å². The van der Waals surface area contributed by atoms with E-state index in [4.69, 9.17) is 5.73 Å². The number of amides is 2. The van der Waals surface area contributed by atoms with Gasteiger partial charge in [-0.1, -0.05) is 90.5 Å². The van der Waals surface area contributed by atoms with Crippen LogP contribution in [0.25, 0.3) is 27.1 Å². The standard InChI is InChI=1S/C18H16.C14H14N2O2.C6H4N2O4/c1-3-7-15-13(5-1)9-11-18-16-8-4-2-6-14(16)10-12-17(15)18;1-2-16(14(18)13(15)17)12-9-5-7-10-6-3-4-8-11(10)12;9-7(10)5-2-1-3-6(4-5)8(11)12/h1,3-5,7-9,11H,2,6,10,12H2;3-9H,2H2,1H3,(H2,15,17);1-4H. The van der Waals surface area contributed by atoms with E-state index in [0.717, 1.165) is 16.8 Å². The minimum absolute atomic E-state index is 0.274. The number of anilines is 1. The molecule has 2 amide bonds. The van der Waals surface area contributed by atoms with Crippen LogP contribution in [0.1, 0.15) is 37.3 Å².